The molecular formula is C13H28N4. The lowest BCUT2D eigenvalue weighted by molar-refractivity contribution is 0.152. The summed E-state index contributed by atoms with van der Waals surface area (Å²) in [4.78, 5) is 5.02. The summed E-state index contributed by atoms with van der Waals surface area (Å²) in [5, 5.41) is 7.10. The van der Waals surface area contributed by atoms with Gasteiger partial charge in [0.05, 0.1) is 0 Å². The van der Waals surface area contributed by atoms with Crippen molar-refractivity contribution in [3.63, 3.8) is 0 Å². The number of nitrogens with one attached hydrogen (secondary N) is 2. The molecule has 0 aromatic carbocycles. The number of likely N-dealkylation sites (N-methyl/N-ethyl adjacent to an activating group) is 1. The lowest BCUT2D eigenvalue weighted by atomic mass is 10.1. The lowest BCUT2D eigenvalue weighted by Crippen LogP contribution is -2.45. The highest BCUT2D eigenvalue weighted by atomic mass is 15.2. The number of piperazine rings is 1. The minimum absolute atomic E-state index is 0.767. The van der Waals surface area contributed by atoms with Crippen LogP contribution in [0.3, 0.4) is 0 Å². The lowest BCUT2D eigenvalue weighted by Gasteiger charge is -2.32. The molecule has 0 aromatic rings. The number of rotatable bonds is 5. The molecule has 0 amide bonds. The van der Waals surface area contributed by atoms with Crippen LogP contribution in [0.25, 0.3) is 0 Å². The first-order valence-electron chi connectivity index (χ1n) is 7.19. The molecule has 2 aliphatic rings. The second-order valence-electron chi connectivity index (χ2n) is 5.48. The Morgan fingerprint density at radius 2 is 1.82 bits per heavy atom. The predicted molar refractivity (Wildman–Crippen MR) is 72.4 cm³/mol. The van der Waals surface area contributed by atoms with Crippen LogP contribution in [0.4, 0.5) is 0 Å². The number of piperidine rings is 1. The van der Waals surface area contributed by atoms with E-state index < -0.39 is 0 Å². The van der Waals surface area contributed by atoms with Gasteiger partial charge in [-0.1, -0.05) is 0 Å². The van der Waals surface area contributed by atoms with E-state index in [9.17, 15) is 0 Å². The van der Waals surface area contributed by atoms with Gasteiger partial charge in [0.15, 0.2) is 0 Å². The summed E-state index contributed by atoms with van der Waals surface area (Å²) >= 11 is 0. The van der Waals surface area contributed by atoms with E-state index in [-0.39, 0.29) is 0 Å². The van der Waals surface area contributed by atoms with Gasteiger partial charge in [0.2, 0.25) is 0 Å². The summed E-state index contributed by atoms with van der Waals surface area (Å²) in [6.45, 7) is 9.83. The predicted octanol–water partition coefficient (Wildman–Crippen LogP) is -0.0345. The molecule has 0 saturated carbocycles. The molecule has 0 aliphatic carbocycles. The van der Waals surface area contributed by atoms with E-state index in [1.165, 1.54) is 71.6 Å². The fraction of sp³-hybridized carbons (Fsp3) is 1.00. The molecule has 100 valence electrons. The third kappa shape index (κ3) is 4.92. The van der Waals surface area contributed by atoms with Crippen LogP contribution in [-0.4, -0.2) is 75.2 Å². The Balaban J connectivity index is 1.48. The highest BCUT2D eigenvalue weighted by Crippen LogP contribution is 2.03. The molecule has 2 rings (SSSR count). The third-order valence-electron chi connectivity index (χ3n) is 4.02. The SMILES string of the molecule is CN1CCN(CCCNC2CCNCC2)CC1. The molecule has 0 spiro atoms. The summed E-state index contributed by atoms with van der Waals surface area (Å²) < 4.78 is 0. The van der Waals surface area contributed by atoms with Crippen molar-refractivity contribution < 1.29 is 0 Å². The highest BCUT2D eigenvalue weighted by Gasteiger charge is 2.14. The van der Waals surface area contributed by atoms with Gasteiger partial charge < -0.3 is 20.4 Å². The largest absolute Gasteiger partial charge is 0.317 e. The van der Waals surface area contributed by atoms with E-state index in [4.69, 9.17) is 0 Å². The average molecular weight is 240 g/mol. The van der Waals surface area contributed by atoms with Crippen LogP contribution in [0.1, 0.15) is 19.3 Å². The van der Waals surface area contributed by atoms with Crippen molar-refractivity contribution in [2.24, 2.45) is 0 Å². The fourth-order valence-corrected chi connectivity index (χ4v) is 2.71. The second kappa shape index (κ2) is 7.31. The van der Waals surface area contributed by atoms with E-state index in [0.29, 0.717) is 0 Å². The van der Waals surface area contributed by atoms with E-state index in [0.717, 1.165) is 6.04 Å². The molecule has 2 heterocycles. The monoisotopic (exact) mass is 240 g/mol. The first-order valence-corrected chi connectivity index (χ1v) is 7.19. The number of hydrogen-bond donors (Lipinski definition) is 2. The molecule has 2 aliphatic heterocycles. The van der Waals surface area contributed by atoms with Crippen molar-refractivity contribution in [3.8, 4) is 0 Å². The first-order chi connectivity index (χ1) is 8.34. The Labute approximate surface area is 106 Å². The molecule has 17 heavy (non-hydrogen) atoms. The Morgan fingerprint density at radius 3 is 2.53 bits per heavy atom. The van der Waals surface area contributed by atoms with Crippen LogP contribution < -0.4 is 10.6 Å². The zero-order chi connectivity index (χ0) is 11.9. The van der Waals surface area contributed by atoms with Crippen LogP contribution in [0.2, 0.25) is 0 Å². The van der Waals surface area contributed by atoms with Gasteiger partial charge in [-0.05, 0) is 52.5 Å². The Morgan fingerprint density at radius 1 is 1.12 bits per heavy atom. The van der Waals surface area contributed by atoms with Gasteiger partial charge in [-0.2, -0.15) is 0 Å². The van der Waals surface area contributed by atoms with Gasteiger partial charge in [-0.25, -0.2) is 0 Å². The summed E-state index contributed by atoms with van der Waals surface area (Å²) in [7, 11) is 2.22. The molecule has 0 unspecified atom stereocenters. The van der Waals surface area contributed by atoms with Crippen LogP contribution in [0.15, 0.2) is 0 Å². The summed E-state index contributed by atoms with van der Waals surface area (Å²) in [5.41, 5.74) is 0. The Bertz CT molecular complexity index is 196. The third-order valence-corrected chi connectivity index (χ3v) is 4.02. The molecule has 2 fully saturated rings. The van der Waals surface area contributed by atoms with E-state index in [1.807, 2.05) is 0 Å². The van der Waals surface area contributed by atoms with Crippen LogP contribution in [0.5, 0.6) is 0 Å². The van der Waals surface area contributed by atoms with Gasteiger partial charge in [0.25, 0.3) is 0 Å². The zero-order valence-corrected chi connectivity index (χ0v) is 11.2. The van der Waals surface area contributed by atoms with Gasteiger partial charge in [0.1, 0.15) is 0 Å². The van der Waals surface area contributed by atoms with Crippen molar-refractivity contribution in [1.29, 1.82) is 0 Å². The maximum atomic E-state index is 3.69. The number of nitrogens with zero attached hydrogens (tertiary/aromatic N) is 2. The normalized spacial score (nSPS) is 25.2. The van der Waals surface area contributed by atoms with Crippen molar-refractivity contribution >= 4 is 0 Å². The smallest absolute Gasteiger partial charge is 0.0110 e. The molecule has 0 atom stereocenters. The van der Waals surface area contributed by atoms with E-state index in [1.54, 1.807) is 0 Å². The molecule has 2 N–H and O–H groups in total. The second-order valence-corrected chi connectivity index (χ2v) is 5.48. The fourth-order valence-electron chi connectivity index (χ4n) is 2.71. The van der Waals surface area contributed by atoms with Gasteiger partial charge >= 0.3 is 0 Å². The van der Waals surface area contributed by atoms with Crippen LogP contribution >= 0.6 is 0 Å². The van der Waals surface area contributed by atoms with Crippen molar-refractivity contribution in [2.75, 3.05) is 59.4 Å². The van der Waals surface area contributed by atoms with E-state index >= 15 is 0 Å². The van der Waals surface area contributed by atoms with Crippen molar-refractivity contribution in [3.05, 3.63) is 0 Å². The van der Waals surface area contributed by atoms with Crippen molar-refractivity contribution in [1.82, 2.24) is 20.4 Å². The van der Waals surface area contributed by atoms with Gasteiger partial charge in [-0.15, -0.1) is 0 Å². The van der Waals surface area contributed by atoms with Gasteiger partial charge in [0, 0.05) is 32.2 Å². The molecule has 0 aromatic heterocycles. The first kappa shape index (κ1) is 13.3. The molecule has 2 saturated heterocycles. The maximum Gasteiger partial charge on any atom is 0.0110 e. The zero-order valence-electron chi connectivity index (χ0n) is 11.2. The molecule has 4 nitrogen and oxygen atoms in total. The molecule has 4 heteroatoms. The van der Waals surface area contributed by atoms with Gasteiger partial charge in [-0.3, -0.25) is 0 Å². The quantitative estimate of drug-likeness (QED) is 0.661. The van der Waals surface area contributed by atoms with E-state index in [2.05, 4.69) is 27.5 Å². The minimum Gasteiger partial charge on any atom is -0.317 e. The standard InChI is InChI=1S/C13H28N4/c1-16-9-11-17(12-10-16)8-2-5-15-13-3-6-14-7-4-13/h13-15H,2-12H2,1H3. The minimum atomic E-state index is 0.767. The summed E-state index contributed by atoms with van der Waals surface area (Å²) in [6.07, 6.45) is 3.90. The molecule has 0 radical (unpaired) electrons. The topological polar surface area (TPSA) is 30.5 Å². The van der Waals surface area contributed by atoms with Crippen LogP contribution in [-0.2, 0) is 0 Å². The summed E-state index contributed by atoms with van der Waals surface area (Å²) in [5.74, 6) is 0. The average Bonchev–Trinajstić information content (AvgIpc) is 2.38. The summed E-state index contributed by atoms with van der Waals surface area (Å²) in [6, 6.07) is 0.767. The van der Waals surface area contributed by atoms with Crippen LogP contribution in [0, 0.1) is 0 Å². The maximum absolute atomic E-state index is 3.69. The highest BCUT2D eigenvalue weighted by molar-refractivity contribution is 4.75. The number of hydrogen-bond acceptors (Lipinski definition) is 4. The van der Waals surface area contributed by atoms with Crippen molar-refractivity contribution in [2.45, 2.75) is 25.3 Å². The Hall–Kier alpha value is -0.160. The Kier molecular flexibility index (Phi) is 5.71. The molecule has 0 bridgehead atoms. The molecular weight excluding hydrogens is 212 g/mol.